The summed E-state index contributed by atoms with van der Waals surface area (Å²) >= 11 is 7.90. The van der Waals surface area contributed by atoms with Crippen molar-refractivity contribution in [1.29, 1.82) is 0 Å². The van der Waals surface area contributed by atoms with Gasteiger partial charge in [0.15, 0.2) is 0 Å². The molecule has 3 aromatic carbocycles. The molecule has 0 atom stereocenters. The highest BCUT2D eigenvalue weighted by Crippen LogP contribution is 2.49. The minimum absolute atomic E-state index is 0.0493. The van der Waals surface area contributed by atoms with E-state index in [2.05, 4.69) is 20.8 Å². The number of nitrogens with zero attached hydrogens (tertiary/aromatic N) is 1. The third-order valence-electron chi connectivity index (χ3n) is 4.69. The smallest absolute Gasteiger partial charge is 0.262 e. The van der Waals surface area contributed by atoms with Gasteiger partial charge in [0.2, 0.25) is 0 Å². The first kappa shape index (κ1) is 18.1. The van der Waals surface area contributed by atoms with E-state index < -0.39 is 0 Å². The lowest BCUT2D eigenvalue weighted by atomic mass is 9.86. The van der Waals surface area contributed by atoms with E-state index in [4.69, 9.17) is 11.6 Å². The van der Waals surface area contributed by atoms with Gasteiger partial charge in [-0.25, -0.2) is 0 Å². The van der Waals surface area contributed by atoms with Crippen LogP contribution in [0.1, 0.15) is 36.7 Å². The van der Waals surface area contributed by atoms with Crippen LogP contribution in [-0.2, 0) is 5.41 Å². The van der Waals surface area contributed by atoms with Gasteiger partial charge in [0.05, 0.1) is 11.4 Å². The fourth-order valence-corrected chi connectivity index (χ4v) is 4.39. The van der Waals surface area contributed by atoms with Crippen LogP contribution in [0.4, 0.5) is 11.4 Å². The van der Waals surface area contributed by atoms with Crippen LogP contribution >= 0.6 is 23.4 Å². The minimum Gasteiger partial charge on any atom is -0.275 e. The highest BCUT2D eigenvalue weighted by Gasteiger charge is 2.29. The van der Waals surface area contributed by atoms with E-state index in [1.54, 1.807) is 16.7 Å². The maximum absolute atomic E-state index is 13.5. The molecule has 0 fully saturated rings. The molecule has 1 aliphatic heterocycles. The summed E-state index contributed by atoms with van der Waals surface area (Å²) in [7, 11) is 0. The summed E-state index contributed by atoms with van der Waals surface area (Å²) in [5.41, 5.74) is 3.64. The third kappa shape index (κ3) is 3.38. The van der Waals surface area contributed by atoms with Crippen LogP contribution in [0, 0.1) is 0 Å². The van der Waals surface area contributed by atoms with Gasteiger partial charge in [-0.2, -0.15) is 0 Å². The summed E-state index contributed by atoms with van der Waals surface area (Å²) < 4.78 is 0. The van der Waals surface area contributed by atoms with Gasteiger partial charge >= 0.3 is 0 Å². The summed E-state index contributed by atoms with van der Waals surface area (Å²) in [4.78, 5) is 17.3. The van der Waals surface area contributed by atoms with Crippen molar-refractivity contribution in [2.75, 3.05) is 4.90 Å². The van der Waals surface area contributed by atoms with Gasteiger partial charge in [0, 0.05) is 20.4 Å². The molecule has 0 radical (unpaired) electrons. The van der Waals surface area contributed by atoms with Crippen LogP contribution < -0.4 is 4.90 Å². The highest BCUT2D eigenvalue weighted by molar-refractivity contribution is 7.99. The topological polar surface area (TPSA) is 20.3 Å². The predicted molar refractivity (Wildman–Crippen MR) is 114 cm³/mol. The van der Waals surface area contributed by atoms with Gasteiger partial charge in [0.25, 0.3) is 5.91 Å². The highest BCUT2D eigenvalue weighted by atomic mass is 35.5. The summed E-state index contributed by atoms with van der Waals surface area (Å²) in [5, 5.41) is 0.620. The molecule has 0 saturated carbocycles. The second-order valence-corrected chi connectivity index (χ2v) is 9.17. The Morgan fingerprint density at radius 3 is 2.26 bits per heavy atom. The summed E-state index contributed by atoms with van der Waals surface area (Å²) in [6.07, 6.45) is 0. The molecule has 136 valence electrons. The number of rotatable bonds is 1. The van der Waals surface area contributed by atoms with Crippen molar-refractivity contribution in [2.24, 2.45) is 0 Å². The number of halogens is 1. The quantitative estimate of drug-likeness (QED) is 0.440. The number of para-hydroxylation sites is 1. The van der Waals surface area contributed by atoms with E-state index in [9.17, 15) is 4.79 Å². The molecule has 0 aliphatic carbocycles. The van der Waals surface area contributed by atoms with Crippen molar-refractivity contribution in [1.82, 2.24) is 0 Å². The zero-order valence-electron chi connectivity index (χ0n) is 15.5. The van der Waals surface area contributed by atoms with Crippen molar-refractivity contribution >= 4 is 40.6 Å². The van der Waals surface area contributed by atoms with Crippen LogP contribution in [0.5, 0.6) is 0 Å². The van der Waals surface area contributed by atoms with Crippen molar-refractivity contribution in [3.8, 4) is 0 Å². The molecule has 0 saturated heterocycles. The molecule has 4 rings (SSSR count). The lowest BCUT2D eigenvalue weighted by molar-refractivity contribution is 0.0998. The number of anilines is 2. The summed E-state index contributed by atoms with van der Waals surface area (Å²) in [5.74, 6) is -0.0493. The number of hydrogen-bond donors (Lipinski definition) is 0. The van der Waals surface area contributed by atoms with Gasteiger partial charge in [-0.05, 0) is 53.4 Å². The first-order chi connectivity index (χ1) is 12.8. The van der Waals surface area contributed by atoms with Gasteiger partial charge in [-0.1, -0.05) is 68.4 Å². The first-order valence-electron chi connectivity index (χ1n) is 8.86. The molecule has 3 aromatic rings. The molecule has 2 nitrogen and oxygen atoms in total. The monoisotopic (exact) mass is 393 g/mol. The van der Waals surface area contributed by atoms with Gasteiger partial charge < -0.3 is 0 Å². The number of carbonyl (C=O) groups is 1. The number of fused-ring (bicyclic) bond motifs is 2. The fraction of sp³-hybridized carbons (Fsp3) is 0.174. The van der Waals surface area contributed by atoms with Gasteiger partial charge in [0.1, 0.15) is 0 Å². The molecule has 1 amide bonds. The molecule has 0 spiro atoms. The summed E-state index contributed by atoms with van der Waals surface area (Å²) in [6, 6.07) is 21.6. The minimum atomic E-state index is -0.0493. The van der Waals surface area contributed by atoms with Crippen LogP contribution in [0.25, 0.3) is 0 Å². The van der Waals surface area contributed by atoms with Gasteiger partial charge in [-0.15, -0.1) is 0 Å². The van der Waals surface area contributed by atoms with Crippen LogP contribution in [0.3, 0.4) is 0 Å². The Bertz CT molecular complexity index is 1020. The van der Waals surface area contributed by atoms with Crippen molar-refractivity contribution in [3.05, 3.63) is 82.9 Å². The van der Waals surface area contributed by atoms with Crippen LogP contribution in [-0.4, -0.2) is 5.91 Å². The largest absolute Gasteiger partial charge is 0.275 e. The zero-order chi connectivity index (χ0) is 19.2. The number of carbonyl (C=O) groups excluding carboxylic acids is 1. The lowest BCUT2D eigenvalue weighted by Gasteiger charge is -2.31. The number of amides is 1. The maximum Gasteiger partial charge on any atom is 0.262 e. The second kappa shape index (κ2) is 6.74. The third-order valence-corrected chi connectivity index (χ3v) is 6.05. The molecule has 0 N–H and O–H groups in total. The van der Waals surface area contributed by atoms with Crippen LogP contribution in [0.2, 0.25) is 5.02 Å². The average molecular weight is 394 g/mol. The molecule has 1 heterocycles. The Kier molecular flexibility index (Phi) is 4.53. The maximum atomic E-state index is 13.5. The molecule has 0 aromatic heterocycles. The predicted octanol–water partition coefficient (Wildman–Crippen LogP) is 7.08. The zero-order valence-corrected chi connectivity index (χ0v) is 17.1. The molecular weight excluding hydrogens is 374 g/mol. The van der Waals surface area contributed by atoms with E-state index in [-0.39, 0.29) is 11.3 Å². The van der Waals surface area contributed by atoms with Crippen LogP contribution in [0.15, 0.2) is 76.5 Å². The number of benzene rings is 3. The van der Waals surface area contributed by atoms with Crippen molar-refractivity contribution in [3.63, 3.8) is 0 Å². The normalized spacial score (nSPS) is 13.1. The standard InChI is InChI=1S/C23H20ClNOS/c1-23(2,3)16-10-8-15(9-11-16)22(26)25-18-6-4-5-7-20(18)27-21-13-12-17(24)14-19(21)25/h4-14H,1-3H3. The summed E-state index contributed by atoms with van der Waals surface area (Å²) in [6.45, 7) is 6.50. The van der Waals surface area contributed by atoms with E-state index >= 15 is 0 Å². The van der Waals surface area contributed by atoms with E-state index in [0.717, 1.165) is 21.2 Å². The van der Waals surface area contributed by atoms with E-state index in [1.165, 1.54) is 5.56 Å². The first-order valence-corrected chi connectivity index (χ1v) is 10.1. The van der Waals surface area contributed by atoms with Gasteiger partial charge in [-0.3, -0.25) is 9.69 Å². The molecule has 0 unspecified atom stereocenters. The second-order valence-electron chi connectivity index (χ2n) is 7.65. The SMILES string of the molecule is CC(C)(C)c1ccc(C(=O)N2c3ccccc3Sc3ccc(Cl)cc32)cc1. The Labute approximate surface area is 169 Å². The van der Waals surface area contributed by atoms with Crippen molar-refractivity contribution in [2.45, 2.75) is 36.0 Å². The van der Waals surface area contributed by atoms with E-state index in [0.29, 0.717) is 10.6 Å². The Morgan fingerprint density at radius 2 is 1.56 bits per heavy atom. The van der Waals surface area contributed by atoms with Crippen molar-refractivity contribution < 1.29 is 4.79 Å². The average Bonchev–Trinajstić information content (AvgIpc) is 2.65. The molecule has 27 heavy (non-hydrogen) atoms. The Hall–Kier alpha value is -2.23. The molecule has 0 bridgehead atoms. The number of hydrogen-bond acceptors (Lipinski definition) is 2. The fourth-order valence-electron chi connectivity index (χ4n) is 3.19. The lowest BCUT2D eigenvalue weighted by Crippen LogP contribution is -2.28. The molecular formula is C23H20ClNOS. The molecule has 4 heteroatoms. The molecule has 1 aliphatic rings. The van der Waals surface area contributed by atoms with E-state index in [1.807, 2.05) is 66.7 Å². The Balaban J connectivity index is 1.81. The Morgan fingerprint density at radius 1 is 0.889 bits per heavy atom.